The lowest BCUT2D eigenvalue weighted by Crippen LogP contribution is -2.38. The minimum absolute atomic E-state index is 0.270. The molecule has 5 nitrogen and oxygen atoms in total. The number of nitrogens with zero attached hydrogens (tertiary/aromatic N) is 3. The van der Waals surface area contributed by atoms with E-state index in [0.717, 1.165) is 45.1 Å². The highest BCUT2D eigenvalue weighted by Gasteiger charge is 2.11. The molecule has 0 spiro atoms. The number of rotatable bonds is 6. The molecule has 1 N–H and O–H groups in total. The van der Waals surface area contributed by atoms with E-state index < -0.39 is 0 Å². The Balaban J connectivity index is 1.52. The number of nitrogens with one attached hydrogen (secondary N) is 1. The first-order valence-corrected chi connectivity index (χ1v) is 8.36. The number of ether oxygens (including phenoxy) is 1. The molecule has 2 aromatic rings. The van der Waals surface area contributed by atoms with Crippen molar-refractivity contribution in [3.63, 3.8) is 0 Å². The van der Waals surface area contributed by atoms with E-state index in [1.165, 1.54) is 11.1 Å². The molecule has 1 fully saturated rings. The number of anilines is 1. The van der Waals surface area contributed by atoms with Crippen LogP contribution in [0.15, 0.2) is 36.7 Å². The molecule has 1 aromatic carbocycles. The summed E-state index contributed by atoms with van der Waals surface area (Å²) in [4.78, 5) is 2.42. The fourth-order valence-corrected chi connectivity index (χ4v) is 2.90. The molecule has 0 bridgehead atoms. The summed E-state index contributed by atoms with van der Waals surface area (Å²) in [6.45, 7) is 9.99. The van der Waals surface area contributed by atoms with Crippen LogP contribution in [0.3, 0.4) is 0 Å². The molecule has 0 radical (unpaired) electrons. The smallest absolute Gasteiger partial charge is 0.0731 e. The molecule has 1 aliphatic rings. The zero-order chi connectivity index (χ0) is 16.1. The zero-order valence-corrected chi connectivity index (χ0v) is 14.0. The Morgan fingerprint density at radius 2 is 2.09 bits per heavy atom. The van der Waals surface area contributed by atoms with Gasteiger partial charge in [0.05, 0.1) is 31.6 Å². The Morgan fingerprint density at radius 1 is 1.26 bits per heavy atom. The van der Waals surface area contributed by atoms with E-state index in [4.69, 9.17) is 4.74 Å². The van der Waals surface area contributed by atoms with Gasteiger partial charge in [0.25, 0.3) is 0 Å². The topological polar surface area (TPSA) is 42.3 Å². The number of benzene rings is 1. The van der Waals surface area contributed by atoms with E-state index in [1.54, 1.807) is 0 Å². The molecule has 5 heteroatoms. The Labute approximate surface area is 138 Å². The maximum Gasteiger partial charge on any atom is 0.0731 e. The number of aryl methyl sites for hydroxylation is 1. The predicted octanol–water partition coefficient (Wildman–Crippen LogP) is 2.70. The van der Waals surface area contributed by atoms with Crippen molar-refractivity contribution < 1.29 is 4.74 Å². The van der Waals surface area contributed by atoms with Gasteiger partial charge in [-0.1, -0.05) is 29.8 Å². The average molecular weight is 314 g/mol. The fraction of sp³-hybridized carbons (Fsp3) is 0.500. The predicted molar refractivity (Wildman–Crippen MR) is 92.7 cm³/mol. The highest BCUT2D eigenvalue weighted by atomic mass is 16.5. The summed E-state index contributed by atoms with van der Waals surface area (Å²) in [6.07, 6.45) is 4.00. The van der Waals surface area contributed by atoms with Crippen molar-refractivity contribution in [2.75, 3.05) is 38.2 Å². The third kappa shape index (κ3) is 4.56. The minimum Gasteiger partial charge on any atom is -0.379 e. The van der Waals surface area contributed by atoms with E-state index in [1.807, 2.05) is 10.9 Å². The van der Waals surface area contributed by atoms with Crippen LogP contribution in [0.4, 0.5) is 5.69 Å². The number of hydrogen-bond acceptors (Lipinski definition) is 4. The largest absolute Gasteiger partial charge is 0.379 e. The molecule has 0 saturated carbocycles. The Morgan fingerprint density at radius 3 is 2.87 bits per heavy atom. The van der Waals surface area contributed by atoms with Crippen molar-refractivity contribution in [3.8, 4) is 0 Å². The summed E-state index contributed by atoms with van der Waals surface area (Å²) < 4.78 is 7.39. The van der Waals surface area contributed by atoms with Crippen LogP contribution < -0.4 is 5.32 Å². The highest BCUT2D eigenvalue weighted by Crippen LogP contribution is 2.19. The van der Waals surface area contributed by atoms with Crippen molar-refractivity contribution >= 4 is 5.69 Å². The summed E-state index contributed by atoms with van der Waals surface area (Å²) in [5.74, 6) is 0. The molecule has 124 valence electrons. The van der Waals surface area contributed by atoms with Crippen molar-refractivity contribution in [1.82, 2.24) is 14.7 Å². The van der Waals surface area contributed by atoms with Crippen LogP contribution in [-0.2, 0) is 11.3 Å². The standard InChI is InChI=1S/C18H26N4O/c1-15-4-3-5-17(12-15)16(2)20-18-13-19-22(14-18)7-6-21-8-10-23-11-9-21/h3-5,12-14,16,20H,6-11H2,1-2H3/t16-/m1/s1. The van der Waals surface area contributed by atoms with Gasteiger partial charge in [-0.05, 0) is 19.4 Å². The summed E-state index contributed by atoms with van der Waals surface area (Å²) in [7, 11) is 0. The lowest BCUT2D eigenvalue weighted by molar-refractivity contribution is 0.0360. The number of morpholine rings is 1. The van der Waals surface area contributed by atoms with E-state index in [-0.39, 0.29) is 6.04 Å². The first kappa shape index (κ1) is 16.0. The number of aromatic nitrogens is 2. The molecule has 1 saturated heterocycles. The van der Waals surface area contributed by atoms with Crippen LogP contribution in [-0.4, -0.2) is 47.5 Å². The SMILES string of the molecule is Cc1cccc([C@@H](C)Nc2cnn(CCN3CCOCC3)c2)c1. The number of hydrogen-bond donors (Lipinski definition) is 1. The maximum atomic E-state index is 5.38. The van der Waals surface area contributed by atoms with Crippen molar-refractivity contribution in [3.05, 3.63) is 47.8 Å². The van der Waals surface area contributed by atoms with Crippen LogP contribution in [0.1, 0.15) is 24.1 Å². The second kappa shape index (κ2) is 7.62. The van der Waals surface area contributed by atoms with Crippen LogP contribution in [0.2, 0.25) is 0 Å². The van der Waals surface area contributed by atoms with Gasteiger partial charge in [0.15, 0.2) is 0 Å². The molecular formula is C18H26N4O. The third-order valence-electron chi connectivity index (χ3n) is 4.31. The Kier molecular flexibility index (Phi) is 5.31. The minimum atomic E-state index is 0.270. The summed E-state index contributed by atoms with van der Waals surface area (Å²) in [6, 6.07) is 8.88. The van der Waals surface area contributed by atoms with E-state index in [2.05, 4.69) is 59.6 Å². The Bertz CT molecular complexity index is 619. The molecule has 3 rings (SSSR count). The molecular weight excluding hydrogens is 288 g/mol. The van der Waals surface area contributed by atoms with Gasteiger partial charge in [-0.2, -0.15) is 5.10 Å². The fourth-order valence-electron chi connectivity index (χ4n) is 2.90. The van der Waals surface area contributed by atoms with Gasteiger partial charge in [-0.15, -0.1) is 0 Å². The molecule has 1 aliphatic heterocycles. The molecule has 1 atom stereocenters. The maximum absolute atomic E-state index is 5.38. The van der Waals surface area contributed by atoms with Gasteiger partial charge in [0.1, 0.15) is 0 Å². The van der Waals surface area contributed by atoms with Gasteiger partial charge in [-0.3, -0.25) is 9.58 Å². The normalized spacial score (nSPS) is 17.1. The molecule has 0 aliphatic carbocycles. The van der Waals surface area contributed by atoms with Gasteiger partial charge in [-0.25, -0.2) is 0 Å². The van der Waals surface area contributed by atoms with E-state index >= 15 is 0 Å². The van der Waals surface area contributed by atoms with Gasteiger partial charge < -0.3 is 10.1 Å². The second-order valence-corrected chi connectivity index (χ2v) is 6.23. The van der Waals surface area contributed by atoms with E-state index in [0.29, 0.717) is 0 Å². The van der Waals surface area contributed by atoms with Crippen LogP contribution >= 0.6 is 0 Å². The first-order valence-electron chi connectivity index (χ1n) is 8.36. The summed E-state index contributed by atoms with van der Waals surface area (Å²) in [5.41, 5.74) is 3.66. The summed E-state index contributed by atoms with van der Waals surface area (Å²) >= 11 is 0. The summed E-state index contributed by atoms with van der Waals surface area (Å²) in [5, 5.41) is 7.99. The molecule has 0 unspecified atom stereocenters. The Hall–Kier alpha value is -1.85. The quantitative estimate of drug-likeness (QED) is 0.890. The molecule has 0 amide bonds. The third-order valence-corrected chi connectivity index (χ3v) is 4.31. The van der Waals surface area contributed by atoms with Crippen LogP contribution in [0.25, 0.3) is 0 Å². The van der Waals surface area contributed by atoms with Crippen molar-refractivity contribution in [1.29, 1.82) is 0 Å². The van der Waals surface area contributed by atoms with E-state index in [9.17, 15) is 0 Å². The first-order chi connectivity index (χ1) is 11.2. The van der Waals surface area contributed by atoms with Crippen molar-refractivity contribution in [2.24, 2.45) is 0 Å². The van der Waals surface area contributed by atoms with Gasteiger partial charge in [0.2, 0.25) is 0 Å². The van der Waals surface area contributed by atoms with Crippen LogP contribution in [0.5, 0.6) is 0 Å². The average Bonchev–Trinajstić information content (AvgIpc) is 3.01. The molecule has 23 heavy (non-hydrogen) atoms. The zero-order valence-electron chi connectivity index (χ0n) is 14.0. The highest BCUT2D eigenvalue weighted by molar-refractivity contribution is 5.41. The van der Waals surface area contributed by atoms with Crippen LogP contribution in [0, 0.1) is 6.92 Å². The molecule has 1 aromatic heterocycles. The van der Waals surface area contributed by atoms with Crippen molar-refractivity contribution in [2.45, 2.75) is 26.4 Å². The molecule has 2 heterocycles. The van der Waals surface area contributed by atoms with Gasteiger partial charge >= 0.3 is 0 Å². The lowest BCUT2D eigenvalue weighted by atomic mass is 10.1. The lowest BCUT2D eigenvalue weighted by Gasteiger charge is -2.26. The second-order valence-electron chi connectivity index (χ2n) is 6.23. The van der Waals surface area contributed by atoms with Gasteiger partial charge in [0, 0.05) is 31.9 Å². The monoisotopic (exact) mass is 314 g/mol.